The van der Waals surface area contributed by atoms with Crippen molar-refractivity contribution in [1.82, 2.24) is 9.38 Å². The fraction of sp³-hybridized carbons (Fsp3) is 0.385. The quantitative estimate of drug-likeness (QED) is 0.910. The number of nitrogens with zero attached hydrogens (tertiary/aromatic N) is 2. The first-order valence-electron chi connectivity index (χ1n) is 6.41. The Balaban J connectivity index is 2.06. The molecule has 2 aromatic heterocycles. The summed E-state index contributed by atoms with van der Waals surface area (Å²) in [6.07, 6.45) is 5.42. The average Bonchev–Trinajstić information content (AvgIpc) is 2.80. The van der Waals surface area contributed by atoms with Crippen molar-refractivity contribution in [2.45, 2.75) is 24.5 Å². The monoisotopic (exact) mass is 294 g/mol. The number of fused-ring (bicyclic) bond motifs is 1. The third kappa shape index (κ3) is 2.18. The van der Waals surface area contributed by atoms with E-state index < -0.39 is 21.1 Å². The standard InChI is InChI=1S/C13H14N2O4S/c16-13(17)9-4-5-15-8-10(14-12(15)7-9)11-3-1-2-6-20(11,18)19/h4-5,7-8,11H,1-3,6H2,(H,16,17). The zero-order chi connectivity index (χ0) is 14.3. The molecule has 1 N–H and O–H groups in total. The fourth-order valence-corrected chi connectivity index (χ4v) is 4.47. The highest BCUT2D eigenvalue weighted by Crippen LogP contribution is 2.32. The molecule has 7 heteroatoms. The smallest absolute Gasteiger partial charge is 0.335 e. The van der Waals surface area contributed by atoms with Gasteiger partial charge in [-0.2, -0.15) is 0 Å². The molecule has 2 aromatic rings. The van der Waals surface area contributed by atoms with Crippen molar-refractivity contribution >= 4 is 21.5 Å². The highest BCUT2D eigenvalue weighted by molar-refractivity contribution is 7.91. The average molecular weight is 294 g/mol. The van der Waals surface area contributed by atoms with Crippen molar-refractivity contribution in [3.05, 3.63) is 35.8 Å². The Bertz CT molecular complexity index is 779. The zero-order valence-corrected chi connectivity index (χ0v) is 11.5. The number of aromatic nitrogens is 2. The highest BCUT2D eigenvalue weighted by atomic mass is 32.2. The summed E-state index contributed by atoms with van der Waals surface area (Å²) in [6, 6.07) is 2.91. The van der Waals surface area contributed by atoms with E-state index in [4.69, 9.17) is 5.11 Å². The maximum Gasteiger partial charge on any atom is 0.335 e. The number of carbonyl (C=O) groups is 1. The maximum atomic E-state index is 12.1. The van der Waals surface area contributed by atoms with Gasteiger partial charge in [0.25, 0.3) is 0 Å². The van der Waals surface area contributed by atoms with Crippen LogP contribution in [0.15, 0.2) is 24.5 Å². The Morgan fingerprint density at radius 3 is 2.90 bits per heavy atom. The second-order valence-electron chi connectivity index (χ2n) is 5.00. The highest BCUT2D eigenvalue weighted by Gasteiger charge is 2.32. The van der Waals surface area contributed by atoms with E-state index in [9.17, 15) is 13.2 Å². The molecule has 0 aromatic carbocycles. The van der Waals surface area contributed by atoms with Gasteiger partial charge in [0.2, 0.25) is 0 Å². The Labute approximate surface area is 116 Å². The summed E-state index contributed by atoms with van der Waals surface area (Å²) in [5.41, 5.74) is 1.11. The van der Waals surface area contributed by atoms with E-state index in [0.717, 1.165) is 6.42 Å². The summed E-state index contributed by atoms with van der Waals surface area (Å²) in [5, 5.41) is 8.38. The van der Waals surface area contributed by atoms with Crippen molar-refractivity contribution in [3.63, 3.8) is 0 Å². The predicted molar refractivity (Wildman–Crippen MR) is 72.5 cm³/mol. The van der Waals surface area contributed by atoms with Crippen LogP contribution in [-0.4, -0.2) is 34.6 Å². The lowest BCUT2D eigenvalue weighted by Crippen LogP contribution is -2.21. The number of carboxylic acids is 1. The minimum absolute atomic E-state index is 0.140. The maximum absolute atomic E-state index is 12.1. The molecule has 3 heterocycles. The molecule has 1 fully saturated rings. The molecule has 1 aliphatic rings. The van der Waals surface area contributed by atoms with Crippen molar-refractivity contribution in [2.24, 2.45) is 0 Å². The van der Waals surface area contributed by atoms with Gasteiger partial charge in [-0.25, -0.2) is 18.2 Å². The van der Waals surface area contributed by atoms with Crippen LogP contribution in [0, 0.1) is 0 Å². The van der Waals surface area contributed by atoms with E-state index in [2.05, 4.69) is 4.98 Å². The summed E-state index contributed by atoms with van der Waals surface area (Å²) in [5.74, 6) is -0.825. The SMILES string of the molecule is O=C(O)c1ccn2cc(C3CCCCS3(=O)=O)nc2c1. The van der Waals surface area contributed by atoms with E-state index in [0.29, 0.717) is 24.2 Å². The lowest BCUT2D eigenvalue weighted by atomic mass is 10.1. The molecule has 20 heavy (non-hydrogen) atoms. The Morgan fingerprint density at radius 2 is 2.20 bits per heavy atom. The molecule has 0 radical (unpaired) electrons. The summed E-state index contributed by atoms with van der Waals surface area (Å²) in [4.78, 5) is 15.2. The second-order valence-corrected chi connectivity index (χ2v) is 7.31. The van der Waals surface area contributed by atoms with Crippen LogP contribution < -0.4 is 0 Å². The van der Waals surface area contributed by atoms with Crippen LogP contribution in [0.5, 0.6) is 0 Å². The van der Waals surface area contributed by atoms with E-state index in [-0.39, 0.29) is 11.3 Å². The molecule has 0 saturated carbocycles. The Hall–Kier alpha value is -1.89. The molecule has 6 nitrogen and oxygen atoms in total. The minimum Gasteiger partial charge on any atom is -0.478 e. The normalized spacial score (nSPS) is 21.9. The number of imidazole rings is 1. The molecule has 0 aliphatic carbocycles. The van der Waals surface area contributed by atoms with Crippen LogP contribution in [0.25, 0.3) is 5.65 Å². The molecule has 3 rings (SSSR count). The zero-order valence-electron chi connectivity index (χ0n) is 10.7. The van der Waals surface area contributed by atoms with Gasteiger partial charge in [-0.1, -0.05) is 6.42 Å². The molecule has 0 spiro atoms. The van der Waals surface area contributed by atoms with Crippen LogP contribution in [0.4, 0.5) is 0 Å². The van der Waals surface area contributed by atoms with E-state index >= 15 is 0 Å². The topological polar surface area (TPSA) is 88.7 Å². The van der Waals surface area contributed by atoms with Crippen LogP contribution in [0.3, 0.4) is 0 Å². The number of sulfone groups is 1. The molecule has 1 atom stereocenters. The van der Waals surface area contributed by atoms with Gasteiger partial charge in [0, 0.05) is 12.4 Å². The number of pyridine rings is 1. The van der Waals surface area contributed by atoms with E-state index in [1.165, 1.54) is 12.1 Å². The van der Waals surface area contributed by atoms with Crippen molar-refractivity contribution in [3.8, 4) is 0 Å². The largest absolute Gasteiger partial charge is 0.478 e. The summed E-state index contributed by atoms with van der Waals surface area (Å²) < 4.78 is 25.8. The third-order valence-electron chi connectivity index (χ3n) is 3.63. The van der Waals surface area contributed by atoms with Gasteiger partial charge in [-0.05, 0) is 25.0 Å². The minimum atomic E-state index is -3.14. The van der Waals surface area contributed by atoms with E-state index in [1.54, 1.807) is 16.8 Å². The number of hydrogen-bond donors (Lipinski definition) is 1. The number of aromatic carboxylic acids is 1. The van der Waals surface area contributed by atoms with Gasteiger partial charge in [0.1, 0.15) is 10.9 Å². The van der Waals surface area contributed by atoms with Gasteiger partial charge in [-0.15, -0.1) is 0 Å². The number of rotatable bonds is 2. The summed E-state index contributed by atoms with van der Waals surface area (Å²) >= 11 is 0. The van der Waals surface area contributed by atoms with Crippen LogP contribution >= 0.6 is 0 Å². The Morgan fingerprint density at radius 1 is 1.40 bits per heavy atom. The molecule has 1 unspecified atom stereocenters. The van der Waals surface area contributed by atoms with E-state index in [1.807, 2.05) is 0 Å². The van der Waals surface area contributed by atoms with Crippen LogP contribution in [0.1, 0.15) is 40.6 Å². The molecule has 1 saturated heterocycles. The summed E-state index contributed by atoms with van der Waals surface area (Å²) in [6.45, 7) is 0. The second kappa shape index (κ2) is 4.59. The molecule has 0 amide bonds. The van der Waals surface area contributed by atoms with Crippen LogP contribution in [-0.2, 0) is 9.84 Å². The first-order chi connectivity index (χ1) is 9.47. The number of carboxylic acid groups (broad SMARTS) is 1. The van der Waals surface area contributed by atoms with Crippen molar-refractivity contribution in [2.75, 3.05) is 5.75 Å². The molecular formula is C13H14N2O4S. The number of hydrogen-bond acceptors (Lipinski definition) is 4. The molecular weight excluding hydrogens is 280 g/mol. The third-order valence-corrected chi connectivity index (χ3v) is 5.84. The van der Waals surface area contributed by atoms with Crippen LogP contribution in [0.2, 0.25) is 0 Å². The lowest BCUT2D eigenvalue weighted by molar-refractivity contribution is 0.0697. The Kier molecular flexibility index (Phi) is 3.01. The first-order valence-corrected chi connectivity index (χ1v) is 8.12. The predicted octanol–water partition coefficient (Wildman–Crippen LogP) is 1.67. The molecule has 1 aliphatic heterocycles. The first kappa shape index (κ1) is 13.1. The van der Waals surface area contributed by atoms with Gasteiger partial charge >= 0.3 is 5.97 Å². The van der Waals surface area contributed by atoms with Crippen molar-refractivity contribution < 1.29 is 18.3 Å². The lowest BCUT2D eigenvalue weighted by Gasteiger charge is -2.20. The van der Waals surface area contributed by atoms with Crippen molar-refractivity contribution in [1.29, 1.82) is 0 Å². The van der Waals surface area contributed by atoms with Gasteiger partial charge < -0.3 is 9.51 Å². The molecule has 106 valence electrons. The van der Waals surface area contributed by atoms with Gasteiger partial charge in [0.05, 0.1) is 17.0 Å². The molecule has 0 bridgehead atoms. The van der Waals surface area contributed by atoms with Gasteiger partial charge in [0.15, 0.2) is 9.84 Å². The summed E-state index contributed by atoms with van der Waals surface area (Å²) in [7, 11) is -3.14. The van der Waals surface area contributed by atoms with Gasteiger partial charge in [-0.3, -0.25) is 0 Å². The fourth-order valence-electron chi connectivity index (χ4n) is 2.58.